The van der Waals surface area contributed by atoms with Crippen LogP contribution in [0.1, 0.15) is 19.4 Å². The van der Waals surface area contributed by atoms with Crippen LogP contribution in [-0.2, 0) is 25.6 Å². The topological polar surface area (TPSA) is 56.8 Å². The molecule has 1 aliphatic rings. The summed E-state index contributed by atoms with van der Waals surface area (Å²) in [5.41, 5.74) is 1.13. The van der Waals surface area contributed by atoms with Gasteiger partial charge in [-0.1, -0.05) is 36.4 Å². The lowest BCUT2D eigenvalue weighted by Crippen LogP contribution is -2.36. The Hall–Kier alpha value is -1.69. The standard InChI is InChI=1S/C17H23NO4/c1-13(18-14(2)19)8-9-17-21-11-16(12-22-17)20-10-15-6-4-3-5-7-15/h3-9,13,16-17H,10-12H2,1-2H3,(H,18,19)/b9-8+/t13-,16?,17?/m0/s1. The molecule has 0 aliphatic carbocycles. The second-order valence-electron chi connectivity index (χ2n) is 5.33. The third-order valence-corrected chi connectivity index (χ3v) is 3.21. The molecule has 1 fully saturated rings. The minimum Gasteiger partial charge on any atom is -0.369 e. The number of carbonyl (C=O) groups is 1. The third-order valence-electron chi connectivity index (χ3n) is 3.21. The number of hydrogen-bond acceptors (Lipinski definition) is 4. The number of benzene rings is 1. The Morgan fingerprint density at radius 1 is 1.36 bits per heavy atom. The molecular weight excluding hydrogens is 282 g/mol. The Morgan fingerprint density at radius 3 is 2.68 bits per heavy atom. The fourth-order valence-corrected chi connectivity index (χ4v) is 2.12. The van der Waals surface area contributed by atoms with E-state index < -0.39 is 0 Å². The minimum atomic E-state index is -0.382. The van der Waals surface area contributed by atoms with Gasteiger partial charge >= 0.3 is 0 Å². The van der Waals surface area contributed by atoms with Crippen LogP contribution in [0.3, 0.4) is 0 Å². The molecule has 0 aromatic heterocycles. The van der Waals surface area contributed by atoms with Gasteiger partial charge in [0.1, 0.15) is 6.10 Å². The predicted octanol–water partition coefficient (Wildman–Crippen LogP) is 2.03. The molecule has 22 heavy (non-hydrogen) atoms. The highest BCUT2D eigenvalue weighted by atomic mass is 16.7. The zero-order valence-electron chi connectivity index (χ0n) is 13.0. The smallest absolute Gasteiger partial charge is 0.217 e. The molecule has 5 heteroatoms. The SMILES string of the molecule is CC(=O)N[C@@H](C)/C=C/C1OCC(OCc2ccccc2)CO1. The van der Waals surface area contributed by atoms with Gasteiger partial charge in [-0.25, -0.2) is 0 Å². The maximum absolute atomic E-state index is 10.9. The van der Waals surface area contributed by atoms with E-state index in [0.717, 1.165) is 5.56 Å². The number of amides is 1. The molecule has 1 heterocycles. The summed E-state index contributed by atoms with van der Waals surface area (Å²) >= 11 is 0. The number of nitrogens with one attached hydrogen (secondary N) is 1. The second-order valence-corrected chi connectivity index (χ2v) is 5.33. The van der Waals surface area contributed by atoms with Crippen LogP contribution < -0.4 is 5.32 Å². The van der Waals surface area contributed by atoms with E-state index in [1.807, 2.05) is 49.4 Å². The number of ether oxygens (including phenoxy) is 3. The van der Waals surface area contributed by atoms with Gasteiger partial charge in [0, 0.05) is 13.0 Å². The van der Waals surface area contributed by atoms with Crippen LogP contribution in [0, 0.1) is 0 Å². The van der Waals surface area contributed by atoms with Crippen molar-refractivity contribution in [3.63, 3.8) is 0 Å². The molecule has 0 bridgehead atoms. The van der Waals surface area contributed by atoms with Gasteiger partial charge in [0.2, 0.25) is 5.91 Å². The fraction of sp³-hybridized carbons (Fsp3) is 0.471. The molecule has 1 aliphatic heterocycles. The molecule has 5 nitrogen and oxygen atoms in total. The van der Waals surface area contributed by atoms with Crippen molar-refractivity contribution in [1.29, 1.82) is 0 Å². The molecule has 1 atom stereocenters. The quantitative estimate of drug-likeness (QED) is 0.817. The molecule has 2 rings (SSSR count). The first-order valence-corrected chi connectivity index (χ1v) is 7.47. The Balaban J connectivity index is 1.67. The lowest BCUT2D eigenvalue weighted by Gasteiger charge is -2.28. The van der Waals surface area contributed by atoms with E-state index in [4.69, 9.17) is 14.2 Å². The van der Waals surface area contributed by atoms with E-state index in [2.05, 4.69) is 5.32 Å². The van der Waals surface area contributed by atoms with E-state index >= 15 is 0 Å². The Kier molecular flexibility index (Phi) is 6.58. The van der Waals surface area contributed by atoms with Crippen LogP contribution in [0.5, 0.6) is 0 Å². The first kappa shape index (κ1) is 16.7. The van der Waals surface area contributed by atoms with Crippen molar-refractivity contribution in [2.75, 3.05) is 13.2 Å². The van der Waals surface area contributed by atoms with Gasteiger partial charge < -0.3 is 19.5 Å². The summed E-state index contributed by atoms with van der Waals surface area (Å²) in [6.45, 7) is 4.93. The Bertz CT molecular complexity index is 481. The molecule has 1 aromatic rings. The average molecular weight is 305 g/mol. The van der Waals surface area contributed by atoms with E-state index in [0.29, 0.717) is 19.8 Å². The summed E-state index contributed by atoms with van der Waals surface area (Å²) in [6, 6.07) is 9.97. The number of rotatable bonds is 6. The van der Waals surface area contributed by atoms with Crippen LogP contribution in [0.25, 0.3) is 0 Å². The molecule has 1 saturated heterocycles. The molecule has 1 aromatic carbocycles. The molecule has 0 spiro atoms. The van der Waals surface area contributed by atoms with Gasteiger partial charge in [-0.15, -0.1) is 0 Å². The van der Waals surface area contributed by atoms with Crippen LogP contribution in [-0.4, -0.2) is 37.6 Å². The highest BCUT2D eigenvalue weighted by Gasteiger charge is 2.21. The number of carbonyl (C=O) groups excluding carboxylic acids is 1. The van der Waals surface area contributed by atoms with Gasteiger partial charge in [0.15, 0.2) is 6.29 Å². The van der Waals surface area contributed by atoms with Gasteiger partial charge in [0.25, 0.3) is 0 Å². The van der Waals surface area contributed by atoms with Gasteiger partial charge in [-0.2, -0.15) is 0 Å². The van der Waals surface area contributed by atoms with Gasteiger partial charge in [-0.3, -0.25) is 4.79 Å². The molecule has 0 radical (unpaired) electrons. The van der Waals surface area contributed by atoms with Crippen molar-refractivity contribution in [3.05, 3.63) is 48.0 Å². The van der Waals surface area contributed by atoms with Gasteiger partial charge in [-0.05, 0) is 18.6 Å². The predicted molar refractivity (Wildman–Crippen MR) is 83.1 cm³/mol. The average Bonchev–Trinajstić information content (AvgIpc) is 2.52. The van der Waals surface area contributed by atoms with Crippen LogP contribution in [0.15, 0.2) is 42.5 Å². The van der Waals surface area contributed by atoms with Crippen LogP contribution in [0.4, 0.5) is 0 Å². The van der Waals surface area contributed by atoms with E-state index in [1.54, 1.807) is 0 Å². The van der Waals surface area contributed by atoms with Gasteiger partial charge in [0.05, 0.1) is 19.8 Å². The highest BCUT2D eigenvalue weighted by molar-refractivity contribution is 5.73. The Labute approximate surface area is 131 Å². The van der Waals surface area contributed by atoms with Crippen molar-refractivity contribution in [2.24, 2.45) is 0 Å². The normalized spacial score (nSPS) is 23.4. The second kappa shape index (κ2) is 8.68. The van der Waals surface area contributed by atoms with Crippen molar-refractivity contribution >= 4 is 5.91 Å². The van der Waals surface area contributed by atoms with Crippen LogP contribution in [0.2, 0.25) is 0 Å². The summed E-state index contributed by atoms with van der Waals surface area (Å²) in [7, 11) is 0. The summed E-state index contributed by atoms with van der Waals surface area (Å²) in [5, 5.41) is 2.77. The molecule has 0 saturated carbocycles. The third kappa shape index (κ3) is 5.97. The monoisotopic (exact) mass is 305 g/mol. The minimum absolute atomic E-state index is 0.0447. The molecule has 1 amide bonds. The van der Waals surface area contributed by atoms with Crippen LogP contribution >= 0.6 is 0 Å². The highest BCUT2D eigenvalue weighted by Crippen LogP contribution is 2.12. The molecular formula is C17H23NO4. The van der Waals surface area contributed by atoms with Crippen molar-refractivity contribution in [2.45, 2.75) is 38.9 Å². The van der Waals surface area contributed by atoms with Crippen molar-refractivity contribution in [1.82, 2.24) is 5.32 Å². The Morgan fingerprint density at radius 2 is 2.05 bits per heavy atom. The molecule has 120 valence electrons. The fourth-order valence-electron chi connectivity index (χ4n) is 2.12. The van der Waals surface area contributed by atoms with Crippen molar-refractivity contribution < 1.29 is 19.0 Å². The first-order chi connectivity index (χ1) is 10.6. The maximum Gasteiger partial charge on any atom is 0.217 e. The summed E-state index contributed by atoms with van der Waals surface area (Å²) < 4.78 is 16.9. The summed E-state index contributed by atoms with van der Waals surface area (Å²) in [5.74, 6) is -0.0583. The number of hydrogen-bond donors (Lipinski definition) is 1. The van der Waals surface area contributed by atoms with E-state index in [9.17, 15) is 4.79 Å². The lowest BCUT2D eigenvalue weighted by atomic mass is 10.2. The molecule has 0 unspecified atom stereocenters. The largest absolute Gasteiger partial charge is 0.369 e. The summed E-state index contributed by atoms with van der Waals surface area (Å²) in [4.78, 5) is 10.9. The maximum atomic E-state index is 10.9. The van der Waals surface area contributed by atoms with Crippen molar-refractivity contribution in [3.8, 4) is 0 Å². The lowest BCUT2D eigenvalue weighted by molar-refractivity contribution is -0.207. The van der Waals surface area contributed by atoms with E-state index in [-0.39, 0.29) is 24.3 Å². The zero-order valence-corrected chi connectivity index (χ0v) is 13.0. The zero-order chi connectivity index (χ0) is 15.8. The summed E-state index contributed by atoms with van der Waals surface area (Å²) in [6.07, 6.45) is 3.23. The first-order valence-electron chi connectivity index (χ1n) is 7.47. The molecule has 1 N–H and O–H groups in total. The van der Waals surface area contributed by atoms with E-state index in [1.165, 1.54) is 6.92 Å².